The molecule has 0 unspecified atom stereocenters. The lowest BCUT2D eigenvalue weighted by Crippen LogP contribution is -2.54. The van der Waals surface area contributed by atoms with Crippen LogP contribution < -0.4 is 16.0 Å². The fraction of sp³-hybridized carbons (Fsp3) is 0.273. The lowest BCUT2D eigenvalue weighted by Gasteiger charge is -2.26. The Morgan fingerprint density at radius 3 is 2.53 bits per heavy atom. The number of para-hydroxylation sites is 1. The third kappa shape index (κ3) is 5.40. The van der Waals surface area contributed by atoms with Gasteiger partial charge in [0.05, 0.1) is 0 Å². The molecular formula is C11H12Cl3N3OS. The summed E-state index contributed by atoms with van der Waals surface area (Å²) < 4.78 is -1.72. The molecule has 3 N–H and O–H groups in total. The third-order valence-electron chi connectivity index (χ3n) is 2.23. The normalized spacial score (nSPS) is 12.4. The summed E-state index contributed by atoms with van der Waals surface area (Å²) in [5.74, 6) is 0. The molecule has 1 aromatic carbocycles. The van der Waals surface area contributed by atoms with Gasteiger partial charge in [-0.25, -0.2) is 0 Å². The van der Waals surface area contributed by atoms with Crippen molar-refractivity contribution in [2.45, 2.75) is 16.9 Å². The maximum atomic E-state index is 10.5. The number of alkyl halides is 3. The molecule has 0 aliphatic heterocycles. The second-order valence-electron chi connectivity index (χ2n) is 3.67. The Balaban J connectivity index is 2.68. The van der Waals surface area contributed by atoms with E-state index in [1.54, 1.807) is 0 Å². The van der Waals surface area contributed by atoms with Gasteiger partial charge in [0.15, 0.2) is 5.11 Å². The average Bonchev–Trinajstić information content (AvgIpc) is 2.30. The molecule has 0 saturated heterocycles. The van der Waals surface area contributed by atoms with Crippen LogP contribution in [0.1, 0.15) is 5.56 Å². The number of halogens is 3. The summed E-state index contributed by atoms with van der Waals surface area (Å²) in [6.07, 6.45) is -0.505. The van der Waals surface area contributed by atoms with Gasteiger partial charge in [0.1, 0.15) is 6.17 Å². The molecule has 0 heterocycles. The Morgan fingerprint density at radius 2 is 2.00 bits per heavy atom. The van der Waals surface area contributed by atoms with Crippen molar-refractivity contribution in [1.82, 2.24) is 10.6 Å². The van der Waals surface area contributed by atoms with Crippen molar-refractivity contribution in [2.24, 2.45) is 0 Å². The quantitative estimate of drug-likeness (QED) is 0.341. The molecular weight excluding hydrogens is 329 g/mol. The van der Waals surface area contributed by atoms with Crippen LogP contribution in [0.15, 0.2) is 24.3 Å². The van der Waals surface area contributed by atoms with Crippen LogP contribution in [0.2, 0.25) is 0 Å². The molecule has 19 heavy (non-hydrogen) atoms. The predicted octanol–water partition coefficient (Wildman–Crippen LogP) is 2.72. The van der Waals surface area contributed by atoms with Gasteiger partial charge in [0.2, 0.25) is 10.2 Å². The van der Waals surface area contributed by atoms with Crippen molar-refractivity contribution in [3.63, 3.8) is 0 Å². The van der Waals surface area contributed by atoms with Gasteiger partial charge in [-0.3, -0.25) is 4.79 Å². The van der Waals surface area contributed by atoms with Crippen LogP contribution in [0.5, 0.6) is 0 Å². The summed E-state index contributed by atoms with van der Waals surface area (Å²) in [6, 6.07) is 7.57. The lowest BCUT2D eigenvalue weighted by atomic mass is 10.2. The topological polar surface area (TPSA) is 53.2 Å². The first-order chi connectivity index (χ1) is 8.84. The molecule has 0 bridgehead atoms. The second kappa shape index (κ2) is 7.14. The maximum absolute atomic E-state index is 10.5. The van der Waals surface area contributed by atoms with Crippen LogP contribution in [0.4, 0.5) is 5.69 Å². The number of anilines is 1. The van der Waals surface area contributed by atoms with E-state index in [1.165, 1.54) is 0 Å². The summed E-state index contributed by atoms with van der Waals surface area (Å²) in [5, 5.41) is 8.25. The molecule has 8 heteroatoms. The first-order valence-electron chi connectivity index (χ1n) is 5.24. The first kappa shape index (κ1) is 16.3. The van der Waals surface area contributed by atoms with Crippen molar-refractivity contribution >= 4 is 64.2 Å². The van der Waals surface area contributed by atoms with Gasteiger partial charge in [-0.2, -0.15) is 0 Å². The monoisotopic (exact) mass is 339 g/mol. The number of carbonyl (C=O) groups excluding carboxylic acids is 1. The van der Waals surface area contributed by atoms with E-state index >= 15 is 0 Å². The number of aryl methyl sites for hydroxylation is 1. The van der Waals surface area contributed by atoms with Crippen LogP contribution in [0, 0.1) is 6.92 Å². The summed E-state index contributed by atoms with van der Waals surface area (Å²) in [6.45, 7) is 1.93. The van der Waals surface area contributed by atoms with Gasteiger partial charge >= 0.3 is 0 Å². The smallest absolute Gasteiger partial charge is 0.228 e. The fourth-order valence-electron chi connectivity index (χ4n) is 1.29. The summed E-state index contributed by atoms with van der Waals surface area (Å²) in [4.78, 5) is 10.5. The molecule has 1 amide bonds. The first-order valence-corrected chi connectivity index (χ1v) is 6.78. The highest BCUT2D eigenvalue weighted by atomic mass is 35.6. The Labute approximate surface area is 131 Å². The number of hydrogen-bond acceptors (Lipinski definition) is 2. The zero-order valence-corrected chi connectivity index (χ0v) is 13.0. The van der Waals surface area contributed by atoms with Gasteiger partial charge in [0, 0.05) is 5.69 Å². The van der Waals surface area contributed by atoms with E-state index in [0.717, 1.165) is 11.3 Å². The van der Waals surface area contributed by atoms with Crippen LogP contribution in [0.3, 0.4) is 0 Å². The van der Waals surface area contributed by atoms with Crippen molar-refractivity contribution in [1.29, 1.82) is 0 Å². The van der Waals surface area contributed by atoms with Gasteiger partial charge < -0.3 is 16.0 Å². The van der Waals surface area contributed by atoms with Crippen molar-refractivity contribution < 1.29 is 4.79 Å². The molecule has 0 spiro atoms. The lowest BCUT2D eigenvalue weighted by molar-refractivity contribution is -0.110. The van der Waals surface area contributed by atoms with Gasteiger partial charge in [0.25, 0.3) is 0 Å². The van der Waals surface area contributed by atoms with Crippen LogP contribution in [0.25, 0.3) is 0 Å². The minimum Gasteiger partial charge on any atom is -0.339 e. The number of amides is 1. The highest BCUT2D eigenvalue weighted by Gasteiger charge is 2.32. The van der Waals surface area contributed by atoms with E-state index in [4.69, 9.17) is 47.0 Å². The Hall–Kier alpha value is -0.750. The minimum absolute atomic E-state index is 0.236. The zero-order chi connectivity index (χ0) is 14.5. The predicted molar refractivity (Wildman–Crippen MR) is 83.8 cm³/mol. The zero-order valence-electron chi connectivity index (χ0n) is 9.91. The van der Waals surface area contributed by atoms with E-state index in [0.29, 0.717) is 6.41 Å². The summed E-state index contributed by atoms with van der Waals surface area (Å²) >= 11 is 22.2. The maximum Gasteiger partial charge on any atom is 0.228 e. The minimum atomic E-state index is -1.72. The molecule has 0 aliphatic carbocycles. The number of carbonyl (C=O) groups is 1. The molecule has 1 rings (SSSR count). The molecule has 1 aromatic rings. The number of benzene rings is 1. The Morgan fingerprint density at radius 1 is 1.37 bits per heavy atom. The van der Waals surface area contributed by atoms with E-state index in [1.807, 2.05) is 31.2 Å². The van der Waals surface area contributed by atoms with Gasteiger partial charge in [-0.15, -0.1) is 0 Å². The van der Waals surface area contributed by atoms with Crippen LogP contribution in [-0.4, -0.2) is 21.5 Å². The summed E-state index contributed by atoms with van der Waals surface area (Å²) in [5.41, 5.74) is 1.84. The molecule has 0 radical (unpaired) electrons. The largest absolute Gasteiger partial charge is 0.339 e. The van der Waals surface area contributed by atoms with E-state index < -0.39 is 9.96 Å². The van der Waals surface area contributed by atoms with Gasteiger partial charge in [-0.1, -0.05) is 53.0 Å². The number of thiocarbonyl (C=S) groups is 1. The second-order valence-corrected chi connectivity index (χ2v) is 6.45. The van der Waals surface area contributed by atoms with E-state index in [9.17, 15) is 4.79 Å². The van der Waals surface area contributed by atoms with Crippen molar-refractivity contribution in [2.75, 3.05) is 5.32 Å². The average molecular weight is 341 g/mol. The molecule has 4 nitrogen and oxygen atoms in total. The highest BCUT2D eigenvalue weighted by Crippen LogP contribution is 2.28. The van der Waals surface area contributed by atoms with Crippen molar-refractivity contribution in [3.05, 3.63) is 29.8 Å². The van der Waals surface area contributed by atoms with Crippen molar-refractivity contribution in [3.8, 4) is 0 Å². The molecule has 0 aromatic heterocycles. The van der Waals surface area contributed by atoms with Crippen LogP contribution >= 0.6 is 47.0 Å². The molecule has 104 valence electrons. The third-order valence-corrected chi connectivity index (χ3v) is 3.11. The molecule has 0 aliphatic rings. The summed E-state index contributed by atoms with van der Waals surface area (Å²) in [7, 11) is 0. The molecule has 0 fully saturated rings. The Bertz CT molecular complexity index is 465. The standard InChI is InChI=1S/C11H12Cl3N3OS/c1-7-4-2-3-5-8(7)16-10(19)17-9(15-6-18)11(12,13)14/h2-6,9H,1H3,(H,15,18)(H2,16,17,19)/t9-/m0/s1. The highest BCUT2D eigenvalue weighted by molar-refractivity contribution is 7.80. The van der Waals surface area contributed by atoms with Crippen LogP contribution in [-0.2, 0) is 4.79 Å². The fourth-order valence-corrected chi connectivity index (χ4v) is 1.87. The number of rotatable bonds is 4. The SMILES string of the molecule is Cc1ccccc1NC(=S)N[C@H](NC=O)C(Cl)(Cl)Cl. The number of nitrogens with one attached hydrogen (secondary N) is 3. The van der Waals surface area contributed by atoms with Gasteiger partial charge in [-0.05, 0) is 30.8 Å². The van der Waals surface area contributed by atoms with E-state index in [2.05, 4.69) is 16.0 Å². The molecule has 0 saturated carbocycles. The van der Waals surface area contributed by atoms with E-state index in [-0.39, 0.29) is 5.11 Å². The Kier molecular flexibility index (Phi) is 6.13. The number of hydrogen-bond donors (Lipinski definition) is 3. The molecule has 1 atom stereocenters.